The number of nitriles is 1. The van der Waals surface area contributed by atoms with Gasteiger partial charge in [0.1, 0.15) is 6.07 Å². The number of nitrogens with zero attached hydrogens (tertiary/aromatic N) is 5. The van der Waals surface area contributed by atoms with Gasteiger partial charge in [0.05, 0.1) is 29.6 Å². The molecule has 1 saturated heterocycles. The molecule has 2 aliphatic rings. The minimum Gasteiger partial charge on any atom is -0.400 e. The number of aromatic nitrogens is 2. The second-order valence-electron chi connectivity index (χ2n) is 9.98. The van der Waals surface area contributed by atoms with Gasteiger partial charge in [0.2, 0.25) is 0 Å². The number of anilines is 1. The van der Waals surface area contributed by atoms with E-state index in [1.807, 2.05) is 67.1 Å². The zero-order valence-corrected chi connectivity index (χ0v) is 24.9. The van der Waals surface area contributed by atoms with E-state index in [0.29, 0.717) is 29.7 Å². The van der Waals surface area contributed by atoms with E-state index in [1.165, 1.54) is 11.3 Å². The summed E-state index contributed by atoms with van der Waals surface area (Å²) < 4.78 is 2.03. The van der Waals surface area contributed by atoms with Gasteiger partial charge >= 0.3 is 0 Å². The van der Waals surface area contributed by atoms with Crippen molar-refractivity contribution in [1.29, 1.82) is 5.26 Å². The molecule has 5 rings (SSSR count). The molecule has 9 heteroatoms. The van der Waals surface area contributed by atoms with Crippen LogP contribution < -0.4 is 5.32 Å². The van der Waals surface area contributed by atoms with Crippen molar-refractivity contribution in [3.05, 3.63) is 70.4 Å². The highest BCUT2D eigenvalue weighted by Gasteiger charge is 2.26. The average Bonchev–Trinajstić information content (AvgIpc) is 3.33. The number of piperidine rings is 1. The first-order valence-electron chi connectivity index (χ1n) is 14.1. The first kappa shape index (κ1) is 31.6. The Balaban J connectivity index is 0.00000106. The number of hydrogen-bond donors (Lipinski definition) is 3. The predicted octanol–water partition coefficient (Wildman–Crippen LogP) is 4.64. The summed E-state index contributed by atoms with van der Waals surface area (Å²) >= 11 is 6.11. The molecule has 3 N–H and O–H groups in total. The molecule has 2 aromatic carbocycles. The number of nitrogens with one attached hydrogen (secondary N) is 1. The zero-order chi connectivity index (χ0) is 29.1. The number of para-hydroxylation sites is 1. The lowest BCUT2D eigenvalue weighted by Crippen LogP contribution is -2.43. The van der Waals surface area contributed by atoms with Gasteiger partial charge in [0, 0.05) is 74.1 Å². The first-order chi connectivity index (χ1) is 19.5. The van der Waals surface area contributed by atoms with Crippen molar-refractivity contribution in [2.45, 2.75) is 58.3 Å². The number of halogens is 1. The number of hydrogen-bond acceptors (Lipinski definition) is 7. The Bertz CT molecular complexity index is 1230. The normalized spacial score (nSPS) is 16.4. The van der Waals surface area contributed by atoms with Crippen LogP contribution in [0.25, 0.3) is 11.3 Å². The highest BCUT2D eigenvalue weighted by Crippen LogP contribution is 2.30. The second kappa shape index (κ2) is 15.8. The van der Waals surface area contributed by atoms with Gasteiger partial charge in [-0.25, -0.2) is 0 Å². The number of rotatable bonds is 7. The third-order valence-electron chi connectivity index (χ3n) is 7.29. The number of benzene rings is 2. The molecule has 1 atom stereocenters. The minimum absolute atomic E-state index is 0.338. The monoisotopic (exact) mass is 566 g/mol. The number of aliphatic hydroxyl groups is 2. The Labute approximate surface area is 243 Å². The maximum atomic E-state index is 11.0. The van der Waals surface area contributed by atoms with Crippen LogP contribution in [0.5, 0.6) is 0 Å². The topological polar surface area (TPSA) is 101 Å². The molecule has 0 aliphatic carbocycles. The molecule has 3 heterocycles. The summed E-state index contributed by atoms with van der Waals surface area (Å²) in [7, 11) is 3.14. The first-order valence-corrected chi connectivity index (χ1v) is 14.5. The van der Waals surface area contributed by atoms with Crippen LogP contribution in [0.2, 0.25) is 5.02 Å². The SMILES string of the molecule is CC.CN1CCc2c(c(-c3ccc(Cl)cc3)nn2CC(O)CN2CCC(Nc3ccccc3C#N)CC2)C1.CO. The number of fused-ring (bicyclic) bond motifs is 1. The van der Waals surface area contributed by atoms with E-state index in [1.54, 1.807) is 0 Å². The quantitative estimate of drug-likeness (QED) is 0.383. The summed E-state index contributed by atoms with van der Waals surface area (Å²) in [6.07, 6.45) is 2.41. The predicted molar refractivity (Wildman–Crippen MR) is 162 cm³/mol. The lowest BCUT2D eigenvalue weighted by atomic mass is 10.0. The van der Waals surface area contributed by atoms with Crippen molar-refractivity contribution in [1.82, 2.24) is 19.6 Å². The van der Waals surface area contributed by atoms with Gasteiger partial charge < -0.3 is 25.3 Å². The van der Waals surface area contributed by atoms with E-state index in [4.69, 9.17) is 21.8 Å². The summed E-state index contributed by atoms with van der Waals surface area (Å²) in [6, 6.07) is 18.1. The van der Waals surface area contributed by atoms with Crippen LogP contribution >= 0.6 is 11.6 Å². The smallest absolute Gasteiger partial charge is 0.101 e. The second-order valence-corrected chi connectivity index (χ2v) is 10.4. The van der Waals surface area contributed by atoms with Gasteiger partial charge in [-0.15, -0.1) is 0 Å². The summed E-state index contributed by atoms with van der Waals surface area (Å²) in [5.74, 6) is 0. The van der Waals surface area contributed by atoms with E-state index < -0.39 is 6.10 Å². The lowest BCUT2D eigenvalue weighted by Gasteiger charge is -2.34. The number of aliphatic hydroxyl groups excluding tert-OH is 2. The molecule has 216 valence electrons. The highest BCUT2D eigenvalue weighted by atomic mass is 35.5. The van der Waals surface area contributed by atoms with Gasteiger partial charge in [-0.3, -0.25) is 4.68 Å². The van der Waals surface area contributed by atoms with Gasteiger partial charge in [-0.05, 0) is 44.2 Å². The van der Waals surface area contributed by atoms with E-state index in [-0.39, 0.29) is 0 Å². The Morgan fingerprint density at radius 1 is 1.05 bits per heavy atom. The van der Waals surface area contributed by atoms with Crippen LogP contribution in [0.1, 0.15) is 43.5 Å². The molecule has 0 bridgehead atoms. The van der Waals surface area contributed by atoms with Crippen LogP contribution in [-0.2, 0) is 19.5 Å². The third kappa shape index (κ3) is 8.06. The molecule has 3 aromatic rings. The van der Waals surface area contributed by atoms with Gasteiger partial charge in [0.25, 0.3) is 0 Å². The van der Waals surface area contributed by atoms with Crippen molar-refractivity contribution < 1.29 is 10.2 Å². The Morgan fingerprint density at radius 2 is 1.73 bits per heavy atom. The van der Waals surface area contributed by atoms with Crippen molar-refractivity contribution in [3.63, 3.8) is 0 Å². The van der Waals surface area contributed by atoms with E-state index >= 15 is 0 Å². The molecular formula is C31H43ClN6O2. The summed E-state index contributed by atoms with van der Waals surface area (Å²) in [4.78, 5) is 4.65. The van der Waals surface area contributed by atoms with Gasteiger partial charge in [-0.2, -0.15) is 10.4 Å². The molecule has 0 spiro atoms. The maximum Gasteiger partial charge on any atom is 0.101 e. The van der Waals surface area contributed by atoms with E-state index in [2.05, 4.69) is 28.2 Å². The summed E-state index contributed by atoms with van der Waals surface area (Å²) in [5, 5.41) is 36.6. The van der Waals surface area contributed by atoms with E-state index in [0.717, 1.165) is 69.5 Å². The Kier molecular flexibility index (Phi) is 12.4. The molecule has 1 unspecified atom stereocenters. The Morgan fingerprint density at radius 3 is 2.40 bits per heavy atom. The zero-order valence-electron chi connectivity index (χ0n) is 24.1. The molecule has 0 radical (unpaired) electrons. The van der Waals surface area contributed by atoms with Crippen molar-refractivity contribution >= 4 is 17.3 Å². The van der Waals surface area contributed by atoms with Gasteiger partial charge in [0.15, 0.2) is 0 Å². The fraction of sp³-hybridized carbons (Fsp3) is 0.484. The fourth-order valence-electron chi connectivity index (χ4n) is 5.36. The number of likely N-dealkylation sites (tertiary alicyclic amines) is 1. The van der Waals surface area contributed by atoms with E-state index in [9.17, 15) is 10.4 Å². The maximum absolute atomic E-state index is 11.0. The largest absolute Gasteiger partial charge is 0.400 e. The fourth-order valence-corrected chi connectivity index (χ4v) is 5.48. The number of β-amino-alcohol motifs (C(OH)–C–C–N with tert-alkyl or cyclic N) is 1. The molecule has 0 saturated carbocycles. The standard InChI is InChI=1S/C28H33ClN6O.C2H6.CH4O/c1-33-13-12-27-25(19-33)28(20-6-8-22(29)9-7-20)32-35(27)18-24(36)17-34-14-10-23(11-15-34)31-26-5-3-2-4-21(26)16-30;2*1-2/h2-9,23-24,31,36H,10-15,17-19H2,1H3;1-2H3;2H,1H3. The molecule has 1 aromatic heterocycles. The van der Waals surface area contributed by atoms with Crippen LogP contribution in [0.4, 0.5) is 5.69 Å². The molecular weight excluding hydrogens is 524 g/mol. The molecule has 40 heavy (non-hydrogen) atoms. The van der Waals surface area contributed by atoms with Crippen molar-refractivity contribution in [2.24, 2.45) is 0 Å². The lowest BCUT2D eigenvalue weighted by molar-refractivity contribution is 0.0828. The van der Waals surface area contributed by atoms with Crippen LogP contribution in [0, 0.1) is 11.3 Å². The molecule has 8 nitrogen and oxygen atoms in total. The minimum atomic E-state index is -0.490. The highest BCUT2D eigenvalue weighted by molar-refractivity contribution is 6.30. The third-order valence-corrected chi connectivity index (χ3v) is 7.54. The van der Waals surface area contributed by atoms with Crippen LogP contribution in [0.15, 0.2) is 48.5 Å². The summed E-state index contributed by atoms with van der Waals surface area (Å²) in [6.45, 7) is 8.81. The molecule has 0 amide bonds. The van der Waals surface area contributed by atoms with Crippen LogP contribution in [0.3, 0.4) is 0 Å². The average molecular weight is 567 g/mol. The van der Waals surface area contributed by atoms with Crippen molar-refractivity contribution in [3.8, 4) is 17.3 Å². The van der Waals surface area contributed by atoms with Crippen LogP contribution in [-0.4, -0.2) is 82.3 Å². The number of likely N-dealkylation sites (N-methyl/N-ethyl adjacent to an activating group) is 1. The molecule has 2 aliphatic heterocycles. The van der Waals surface area contributed by atoms with Crippen molar-refractivity contribution in [2.75, 3.05) is 45.7 Å². The summed E-state index contributed by atoms with van der Waals surface area (Å²) in [5.41, 5.74) is 6.13. The Hall–Kier alpha value is -2.93. The van der Waals surface area contributed by atoms with Gasteiger partial charge in [-0.1, -0.05) is 49.7 Å². The molecule has 1 fully saturated rings.